The molecule has 20 heavy (non-hydrogen) atoms. The van der Waals surface area contributed by atoms with Gasteiger partial charge in [-0.2, -0.15) is 0 Å². The number of nitrogens with one attached hydrogen (secondary N) is 2. The van der Waals surface area contributed by atoms with E-state index in [9.17, 15) is 18.0 Å². The Bertz CT molecular complexity index is 580. The summed E-state index contributed by atoms with van der Waals surface area (Å²) >= 11 is 0. The van der Waals surface area contributed by atoms with E-state index >= 15 is 0 Å². The quantitative estimate of drug-likeness (QED) is 0.496. The van der Waals surface area contributed by atoms with Gasteiger partial charge in [0.25, 0.3) is 0 Å². The first-order valence-corrected chi connectivity index (χ1v) is 7.33. The molecular formula is C10H15N3O6S. The number of furan rings is 1. The lowest BCUT2D eigenvalue weighted by Crippen LogP contribution is -2.36. The van der Waals surface area contributed by atoms with Crippen molar-refractivity contribution < 1.29 is 27.5 Å². The molecule has 0 radical (unpaired) electrons. The summed E-state index contributed by atoms with van der Waals surface area (Å²) in [5.41, 5.74) is 0. The highest BCUT2D eigenvalue weighted by molar-refractivity contribution is 7.89. The highest BCUT2D eigenvalue weighted by atomic mass is 32.2. The minimum absolute atomic E-state index is 0.0221. The van der Waals surface area contributed by atoms with E-state index in [4.69, 9.17) is 14.7 Å². The van der Waals surface area contributed by atoms with Gasteiger partial charge in [-0.05, 0) is 18.6 Å². The number of carbonyl (C=O) groups excluding carboxylic acids is 1. The lowest BCUT2D eigenvalue weighted by atomic mass is 10.4. The van der Waals surface area contributed by atoms with Crippen LogP contribution in [0.5, 0.6) is 0 Å². The zero-order chi connectivity index (χ0) is 15.2. The summed E-state index contributed by atoms with van der Waals surface area (Å²) in [4.78, 5) is 21.9. The number of rotatable bonds is 7. The number of hydrogen-bond acceptors (Lipinski definition) is 5. The van der Waals surface area contributed by atoms with Gasteiger partial charge in [-0.15, -0.1) is 0 Å². The molecule has 10 heteroatoms. The van der Waals surface area contributed by atoms with Crippen LogP contribution in [0, 0.1) is 0 Å². The fraction of sp³-hybridized carbons (Fsp3) is 0.400. The van der Waals surface area contributed by atoms with Gasteiger partial charge in [0.05, 0.1) is 12.3 Å². The molecule has 1 heterocycles. The normalized spacial score (nSPS) is 11.1. The van der Waals surface area contributed by atoms with Crippen LogP contribution in [0.15, 0.2) is 16.5 Å². The maximum absolute atomic E-state index is 11.3. The van der Waals surface area contributed by atoms with Crippen molar-refractivity contribution in [2.24, 2.45) is 5.14 Å². The van der Waals surface area contributed by atoms with Crippen LogP contribution in [0.25, 0.3) is 0 Å². The van der Waals surface area contributed by atoms with Gasteiger partial charge in [0, 0.05) is 6.54 Å². The monoisotopic (exact) mass is 305 g/mol. The number of urea groups is 1. The smallest absolute Gasteiger partial charge is 0.371 e. The molecule has 112 valence electrons. The van der Waals surface area contributed by atoms with E-state index in [2.05, 4.69) is 10.6 Å². The largest absolute Gasteiger partial charge is 0.475 e. The predicted molar refractivity (Wildman–Crippen MR) is 68.5 cm³/mol. The van der Waals surface area contributed by atoms with Gasteiger partial charge in [0.1, 0.15) is 5.76 Å². The molecular weight excluding hydrogens is 290 g/mol. The van der Waals surface area contributed by atoms with Crippen molar-refractivity contribution in [2.75, 3.05) is 12.3 Å². The van der Waals surface area contributed by atoms with Crippen LogP contribution in [-0.2, 0) is 16.6 Å². The van der Waals surface area contributed by atoms with Crippen LogP contribution in [0.2, 0.25) is 0 Å². The molecule has 1 rings (SSSR count). The van der Waals surface area contributed by atoms with Crippen molar-refractivity contribution >= 4 is 22.0 Å². The van der Waals surface area contributed by atoms with Crippen molar-refractivity contribution in [1.29, 1.82) is 0 Å². The second-order valence-corrected chi connectivity index (χ2v) is 5.64. The lowest BCUT2D eigenvalue weighted by Gasteiger charge is -2.05. The third kappa shape index (κ3) is 6.20. The summed E-state index contributed by atoms with van der Waals surface area (Å²) in [5, 5.41) is 18.3. The van der Waals surface area contributed by atoms with Crippen LogP contribution in [0.3, 0.4) is 0 Å². The topological polar surface area (TPSA) is 152 Å². The zero-order valence-corrected chi connectivity index (χ0v) is 11.3. The number of aromatic carboxylic acids is 1. The fourth-order valence-corrected chi connectivity index (χ4v) is 1.84. The standard InChI is InChI=1S/C10H15N3O6S/c11-20(17,18)5-1-4-12-10(16)13-6-7-2-3-8(19-7)9(14)15/h2-3H,1,4-6H2,(H,14,15)(H2,11,17,18)(H2,12,13,16). The Morgan fingerprint density at radius 1 is 1.30 bits per heavy atom. The number of carbonyl (C=O) groups is 2. The van der Waals surface area contributed by atoms with E-state index in [0.29, 0.717) is 5.76 Å². The molecule has 0 saturated carbocycles. The first-order valence-electron chi connectivity index (χ1n) is 5.62. The van der Waals surface area contributed by atoms with Crippen LogP contribution in [0.4, 0.5) is 4.79 Å². The van der Waals surface area contributed by atoms with Crippen molar-refractivity contribution in [1.82, 2.24) is 10.6 Å². The highest BCUT2D eigenvalue weighted by Gasteiger charge is 2.09. The number of sulfonamides is 1. The van der Waals surface area contributed by atoms with Gasteiger partial charge in [-0.25, -0.2) is 23.1 Å². The Morgan fingerprint density at radius 3 is 2.55 bits per heavy atom. The third-order valence-electron chi connectivity index (χ3n) is 2.19. The first kappa shape index (κ1) is 16.0. The molecule has 0 atom stereocenters. The average Bonchev–Trinajstić information content (AvgIpc) is 2.80. The van der Waals surface area contributed by atoms with E-state index in [0.717, 1.165) is 0 Å². The molecule has 0 spiro atoms. The molecule has 0 saturated heterocycles. The number of carboxylic acids is 1. The van der Waals surface area contributed by atoms with Crippen LogP contribution in [-0.4, -0.2) is 37.8 Å². The molecule has 0 bridgehead atoms. The maximum Gasteiger partial charge on any atom is 0.371 e. The van der Waals surface area contributed by atoms with Gasteiger partial charge >= 0.3 is 12.0 Å². The molecule has 2 amide bonds. The van der Waals surface area contributed by atoms with Gasteiger partial charge in [-0.1, -0.05) is 0 Å². The number of amides is 2. The van der Waals surface area contributed by atoms with Crippen molar-refractivity contribution in [3.63, 3.8) is 0 Å². The molecule has 0 aliphatic heterocycles. The van der Waals surface area contributed by atoms with E-state index in [-0.39, 0.29) is 31.0 Å². The number of hydrogen-bond donors (Lipinski definition) is 4. The summed E-state index contributed by atoms with van der Waals surface area (Å²) in [6.07, 6.45) is 0.205. The van der Waals surface area contributed by atoms with Crippen LogP contribution < -0.4 is 15.8 Å². The van der Waals surface area contributed by atoms with E-state index in [1.807, 2.05) is 0 Å². The maximum atomic E-state index is 11.3. The molecule has 0 fully saturated rings. The fourth-order valence-electron chi connectivity index (χ4n) is 1.29. The molecule has 9 nitrogen and oxygen atoms in total. The van der Waals surface area contributed by atoms with Gasteiger partial charge in [0.2, 0.25) is 15.8 Å². The Labute approximate surface area is 115 Å². The first-order chi connectivity index (χ1) is 9.28. The zero-order valence-electron chi connectivity index (χ0n) is 10.5. The molecule has 0 aliphatic rings. The van der Waals surface area contributed by atoms with Crippen molar-refractivity contribution in [3.8, 4) is 0 Å². The summed E-state index contributed by atoms with van der Waals surface area (Å²) in [5.74, 6) is -1.32. The van der Waals surface area contributed by atoms with Gasteiger partial charge in [0.15, 0.2) is 0 Å². The second-order valence-electron chi connectivity index (χ2n) is 3.90. The number of nitrogens with two attached hydrogens (primary N) is 1. The molecule has 0 unspecified atom stereocenters. The second kappa shape index (κ2) is 6.91. The molecule has 1 aromatic heterocycles. The van der Waals surface area contributed by atoms with Crippen molar-refractivity contribution in [3.05, 3.63) is 23.7 Å². The number of carboxylic acid groups (broad SMARTS) is 1. The highest BCUT2D eigenvalue weighted by Crippen LogP contribution is 2.07. The Balaban J connectivity index is 2.24. The molecule has 0 aliphatic carbocycles. The summed E-state index contributed by atoms with van der Waals surface area (Å²) in [6.45, 7) is 0.176. The average molecular weight is 305 g/mol. The number of primary sulfonamides is 1. The molecule has 5 N–H and O–H groups in total. The van der Waals surface area contributed by atoms with E-state index < -0.39 is 22.0 Å². The Morgan fingerprint density at radius 2 is 2.00 bits per heavy atom. The predicted octanol–water partition coefficient (Wildman–Crippen LogP) is -0.544. The van der Waals surface area contributed by atoms with E-state index in [1.54, 1.807) is 0 Å². The van der Waals surface area contributed by atoms with Crippen molar-refractivity contribution in [2.45, 2.75) is 13.0 Å². The summed E-state index contributed by atoms with van der Waals surface area (Å²) < 4.78 is 26.2. The SMILES string of the molecule is NS(=O)(=O)CCCNC(=O)NCc1ccc(C(=O)O)o1. The minimum Gasteiger partial charge on any atom is -0.475 e. The molecule has 0 aromatic carbocycles. The van der Waals surface area contributed by atoms with Gasteiger partial charge < -0.3 is 20.2 Å². The summed E-state index contributed by atoms with van der Waals surface area (Å²) in [7, 11) is -3.53. The van der Waals surface area contributed by atoms with Crippen LogP contribution >= 0.6 is 0 Å². The van der Waals surface area contributed by atoms with E-state index in [1.165, 1.54) is 12.1 Å². The third-order valence-corrected chi connectivity index (χ3v) is 3.04. The Kier molecular flexibility index (Phi) is 5.53. The molecule has 1 aromatic rings. The minimum atomic E-state index is -3.53. The van der Waals surface area contributed by atoms with Crippen LogP contribution in [0.1, 0.15) is 22.7 Å². The van der Waals surface area contributed by atoms with Gasteiger partial charge in [-0.3, -0.25) is 0 Å². The Hall–Kier alpha value is -2.07. The summed E-state index contributed by atoms with van der Waals surface area (Å²) in [6, 6.07) is 2.20. The lowest BCUT2D eigenvalue weighted by molar-refractivity contribution is 0.0660.